The molecule has 5 heterocycles. The van der Waals surface area contributed by atoms with Crippen molar-refractivity contribution < 1.29 is 0 Å². The van der Waals surface area contributed by atoms with Crippen molar-refractivity contribution in [3.8, 4) is 22.8 Å². The van der Waals surface area contributed by atoms with Crippen molar-refractivity contribution in [3.05, 3.63) is 162 Å². The highest BCUT2D eigenvalue weighted by atomic mass is 28.3. The number of hydrogen-bond donors (Lipinski definition) is 0. The van der Waals surface area contributed by atoms with Crippen LogP contribution < -0.4 is 0 Å². The highest BCUT2D eigenvalue weighted by Crippen LogP contribution is 2.55. The molecule has 43 heavy (non-hydrogen) atoms. The zero-order valence-electron chi connectivity index (χ0n) is 24.4. The first kappa shape index (κ1) is 26.9. The second-order valence-electron chi connectivity index (χ2n) is 11.5. The minimum atomic E-state index is -2.28. The van der Waals surface area contributed by atoms with E-state index in [-0.39, 0.29) is 5.92 Å². The molecule has 0 fully saturated rings. The van der Waals surface area contributed by atoms with Crippen LogP contribution in [0.4, 0.5) is 0 Å². The Morgan fingerprint density at radius 2 is 1.14 bits per heavy atom. The van der Waals surface area contributed by atoms with Gasteiger partial charge in [-0.05, 0) is 65.1 Å². The van der Waals surface area contributed by atoms with Crippen molar-refractivity contribution in [3.63, 3.8) is 0 Å². The lowest BCUT2D eigenvalue weighted by Crippen LogP contribution is -2.29. The van der Waals surface area contributed by atoms with Crippen LogP contribution in [0, 0.1) is 5.92 Å². The third-order valence-electron chi connectivity index (χ3n) is 8.41. The Morgan fingerprint density at radius 3 is 1.65 bits per heavy atom. The minimum absolute atomic E-state index is 0.274. The molecule has 4 nitrogen and oxygen atoms in total. The lowest BCUT2D eigenvalue weighted by molar-refractivity contribution is 0.796. The summed E-state index contributed by atoms with van der Waals surface area (Å²) in [6, 6.07) is 31.5. The smallest absolute Gasteiger partial charge is 0.0886 e. The summed E-state index contributed by atoms with van der Waals surface area (Å²) in [7, 11) is -2.28. The van der Waals surface area contributed by atoms with E-state index >= 15 is 0 Å². The molecule has 7 rings (SSSR count). The molecule has 4 aromatic heterocycles. The monoisotopic (exact) mass is 572 g/mol. The second kappa shape index (κ2) is 11.3. The van der Waals surface area contributed by atoms with Gasteiger partial charge in [-0.1, -0.05) is 92.5 Å². The maximum Gasteiger partial charge on any atom is 0.0886 e. The molecular weight excluding hydrogens is 541 g/mol. The van der Waals surface area contributed by atoms with Gasteiger partial charge in [-0.15, -0.1) is 0 Å². The molecule has 0 N–H and O–H groups in total. The molecular formula is C38H32N4Si-. The van der Waals surface area contributed by atoms with Gasteiger partial charge in [0.2, 0.25) is 0 Å². The lowest BCUT2D eigenvalue weighted by Gasteiger charge is -2.38. The lowest BCUT2D eigenvalue weighted by atomic mass is 9.83. The van der Waals surface area contributed by atoms with E-state index in [1.807, 2.05) is 48.8 Å². The van der Waals surface area contributed by atoms with Crippen LogP contribution in [0.1, 0.15) is 23.1 Å². The third kappa shape index (κ3) is 5.02. The summed E-state index contributed by atoms with van der Waals surface area (Å²) in [5.41, 5.74) is 9.91. The van der Waals surface area contributed by atoms with Crippen LogP contribution in [0.3, 0.4) is 0 Å². The molecule has 5 aromatic rings. The zero-order valence-corrected chi connectivity index (χ0v) is 25.4. The quantitative estimate of drug-likeness (QED) is 0.191. The molecule has 1 aliphatic heterocycles. The van der Waals surface area contributed by atoms with Crippen LogP contribution in [0.5, 0.6) is 0 Å². The van der Waals surface area contributed by atoms with Crippen LogP contribution in [-0.4, -0.2) is 28.0 Å². The fourth-order valence-corrected chi connectivity index (χ4v) is 10.4. The molecule has 0 saturated heterocycles. The van der Waals surface area contributed by atoms with Gasteiger partial charge >= 0.3 is 0 Å². The zero-order chi connectivity index (χ0) is 29.2. The number of pyridine rings is 4. The van der Waals surface area contributed by atoms with Gasteiger partial charge in [0.05, 0.1) is 22.8 Å². The Kier molecular flexibility index (Phi) is 7.09. The highest BCUT2D eigenvalue weighted by Gasteiger charge is 2.36. The summed E-state index contributed by atoms with van der Waals surface area (Å²) in [6.45, 7) is 4.96. The number of rotatable bonds is 6. The van der Waals surface area contributed by atoms with E-state index in [9.17, 15) is 0 Å². The van der Waals surface area contributed by atoms with E-state index in [4.69, 9.17) is 9.97 Å². The summed E-state index contributed by atoms with van der Waals surface area (Å²) >= 11 is 0. The van der Waals surface area contributed by atoms with Gasteiger partial charge in [-0.2, -0.15) is 23.5 Å². The van der Waals surface area contributed by atoms with E-state index in [0.717, 1.165) is 29.2 Å². The molecule has 1 atom stereocenters. The fraction of sp³-hybridized carbons (Fsp3) is 0.105. The van der Waals surface area contributed by atoms with Crippen LogP contribution in [-0.2, 0) is 0 Å². The average molecular weight is 573 g/mol. The van der Waals surface area contributed by atoms with Crippen molar-refractivity contribution in [2.24, 2.45) is 5.92 Å². The van der Waals surface area contributed by atoms with Crippen LogP contribution in [0.25, 0.3) is 38.7 Å². The molecule has 2 aliphatic rings. The number of aromatic nitrogens is 4. The topological polar surface area (TPSA) is 51.6 Å². The summed E-state index contributed by atoms with van der Waals surface area (Å²) in [4.78, 5) is 18.9. The van der Waals surface area contributed by atoms with Crippen molar-refractivity contribution >= 4 is 24.0 Å². The highest BCUT2D eigenvalue weighted by molar-refractivity contribution is 7.11. The Labute approximate surface area is 254 Å². The SMILES string of the molecule is C[Si-]1(C)C(c2ccc(-c3ccccn3)nc2)=C(c2ccccc2)C(C2C=CC=CC2)=C1c1ccc(-c2ccccn2)nc1. The molecule has 0 saturated carbocycles. The van der Waals surface area contributed by atoms with Crippen molar-refractivity contribution in [2.75, 3.05) is 0 Å². The van der Waals surface area contributed by atoms with E-state index < -0.39 is 8.07 Å². The van der Waals surface area contributed by atoms with Crippen LogP contribution in [0.15, 0.2) is 146 Å². The van der Waals surface area contributed by atoms with Crippen molar-refractivity contribution in [1.29, 1.82) is 0 Å². The Hall–Kier alpha value is -5.00. The summed E-state index contributed by atoms with van der Waals surface area (Å²) in [5.74, 6) is 0.274. The predicted molar refractivity (Wildman–Crippen MR) is 179 cm³/mol. The van der Waals surface area contributed by atoms with Gasteiger partial charge in [0, 0.05) is 30.7 Å². The largest absolute Gasteiger partial charge is 0.255 e. The first-order valence-corrected chi connectivity index (χ1v) is 17.8. The number of allylic oxidation sites excluding steroid dienone is 6. The summed E-state index contributed by atoms with van der Waals surface area (Å²) in [6.07, 6.45) is 17.7. The van der Waals surface area contributed by atoms with Gasteiger partial charge in [0.15, 0.2) is 0 Å². The predicted octanol–water partition coefficient (Wildman–Crippen LogP) is 8.90. The van der Waals surface area contributed by atoms with Crippen LogP contribution in [0.2, 0.25) is 13.1 Å². The van der Waals surface area contributed by atoms with E-state index in [1.54, 1.807) is 0 Å². The van der Waals surface area contributed by atoms with Gasteiger partial charge in [-0.25, -0.2) is 0 Å². The first-order valence-electron chi connectivity index (χ1n) is 14.8. The normalized spacial score (nSPS) is 17.5. The number of benzene rings is 1. The molecule has 1 aliphatic carbocycles. The summed E-state index contributed by atoms with van der Waals surface area (Å²) < 4.78 is 0. The maximum atomic E-state index is 4.94. The van der Waals surface area contributed by atoms with Gasteiger partial charge < -0.3 is 0 Å². The third-order valence-corrected chi connectivity index (χ3v) is 12.0. The molecule has 0 radical (unpaired) electrons. The summed E-state index contributed by atoms with van der Waals surface area (Å²) in [5, 5.41) is 2.86. The van der Waals surface area contributed by atoms with E-state index in [2.05, 4.69) is 114 Å². The fourth-order valence-electron chi connectivity index (χ4n) is 6.54. The second-order valence-corrected chi connectivity index (χ2v) is 15.7. The minimum Gasteiger partial charge on any atom is -0.255 e. The molecule has 5 heteroatoms. The molecule has 1 unspecified atom stereocenters. The van der Waals surface area contributed by atoms with E-state index in [1.165, 1.54) is 38.2 Å². The Morgan fingerprint density at radius 1 is 0.558 bits per heavy atom. The van der Waals surface area contributed by atoms with Gasteiger partial charge in [0.1, 0.15) is 0 Å². The van der Waals surface area contributed by atoms with E-state index in [0.29, 0.717) is 0 Å². The Bertz CT molecular complexity index is 1870. The maximum absolute atomic E-state index is 4.94. The number of hydrogen-bond acceptors (Lipinski definition) is 4. The molecule has 1 aromatic carbocycles. The van der Waals surface area contributed by atoms with Crippen LogP contribution >= 0.6 is 0 Å². The average Bonchev–Trinajstić information content (AvgIpc) is 3.33. The van der Waals surface area contributed by atoms with Crippen molar-refractivity contribution in [2.45, 2.75) is 19.5 Å². The first-order chi connectivity index (χ1) is 21.1. The standard InChI is InChI=1S/C38H32N4Si/c1-43(2)37(29-19-21-33(41-25-29)31-17-9-11-23-39-31)35(27-13-5-3-6-14-27)36(28-15-7-4-8-16-28)38(43)30-20-22-34(42-26-30)32-18-10-12-24-40-32/h3-15,17-26,28H,16H2,1-2H3/q-1. The Balaban J connectivity index is 1.43. The van der Waals surface area contributed by atoms with Gasteiger partial charge in [-0.3, -0.25) is 19.9 Å². The molecule has 209 valence electrons. The molecule has 0 amide bonds. The molecule has 0 bridgehead atoms. The number of nitrogens with zero attached hydrogens (tertiary/aromatic N) is 4. The van der Waals surface area contributed by atoms with Crippen molar-refractivity contribution in [1.82, 2.24) is 19.9 Å². The van der Waals surface area contributed by atoms with Gasteiger partial charge in [0.25, 0.3) is 0 Å². The molecule has 0 spiro atoms.